The molecule has 118 valence electrons. The molecule has 0 atom stereocenters. The van der Waals surface area contributed by atoms with Gasteiger partial charge in [-0.25, -0.2) is 18.1 Å². The number of hydrogen-bond donors (Lipinski definition) is 0. The molecule has 3 rings (SSSR count). The van der Waals surface area contributed by atoms with Crippen LogP contribution < -0.4 is 0 Å². The first-order valence-corrected chi connectivity index (χ1v) is 9.74. The second-order valence-corrected chi connectivity index (χ2v) is 8.65. The van der Waals surface area contributed by atoms with E-state index >= 15 is 0 Å². The molecule has 1 aromatic heterocycles. The Morgan fingerprint density at radius 1 is 1.32 bits per heavy atom. The van der Waals surface area contributed by atoms with Gasteiger partial charge >= 0.3 is 0 Å². The van der Waals surface area contributed by atoms with E-state index in [4.69, 9.17) is 23.2 Å². The van der Waals surface area contributed by atoms with Gasteiger partial charge in [0.25, 0.3) is 0 Å². The minimum atomic E-state index is -3.08. The van der Waals surface area contributed by atoms with Crippen LogP contribution in [0.15, 0.2) is 18.2 Å². The second-order valence-electron chi connectivity index (χ2n) is 5.55. The Labute approximate surface area is 139 Å². The summed E-state index contributed by atoms with van der Waals surface area (Å²) in [5.74, 6) is 1.74. The SMILES string of the molecule is CS(=O)(=O)CCc1nc(C2CC2)nn1-c1cc(Cl)ccc1Cl. The molecule has 0 unspecified atom stereocenters. The smallest absolute Gasteiger partial charge is 0.154 e. The largest absolute Gasteiger partial charge is 0.229 e. The number of benzene rings is 1. The zero-order chi connectivity index (χ0) is 15.9. The molecule has 0 aliphatic heterocycles. The maximum Gasteiger partial charge on any atom is 0.154 e. The van der Waals surface area contributed by atoms with Gasteiger partial charge in [-0.3, -0.25) is 0 Å². The fraction of sp³-hybridized carbons (Fsp3) is 0.429. The highest BCUT2D eigenvalue weighted by Crippen LogP contribution is 2.38. The summed E-state index contributed by atoms with van der Waals surface area (Å²) in [5, 5.41) is 5.55. The molecular formula is C14H15Cl2N3O2S. The normalized spacial score (nSPS) is 15.2. The summed E-state index contributed by atoms with van der Waals surface area (Å²) in [5.41, 5.74) is 0.622. The van der Waals surface area contributed by atoms with Gasteiger partial charge in [0.2, 0.25) is 0 Å². The quantitative estimate of drug-likeness (QED) is 0.822. The molecule has 2 aromatic rings. The van der Waals surface area contributed by atoms with E-state index in [1.165, 1.54) is 6.26 Å². The molecule has 8 heteroatoms. The van der Waals surface area contributed by atoms with Gasteiger partial charge in [0.1, 0.15) is 15.7 Å². The number of aromatic nitrogens is 3. The molecule has 22 heavy (non-hydrogen) atoms. The van der Waals surface area contributed by atoms with Gasteiger partial charge in [-0.1, -0.05) is 23.2 Å². The van der Waals surface area contributed by atoms with E-state index in [0.717, 1.165) is 18.7 Å². The van der Waals surface area contributed by atoms with Gasteiger partial charge in [-0.2, -0.15) is 5.10 Å². The summed E-state index contributed by atoms with van der Waals surface area (Å²) in [6.45, 7) is 0. The summed E-state index contributed by atoms with van der Waals surface area (Å²) in [7, 11) is -3.08. The number of hydrogen-bond acceptors (Lipinski definition) is 4. The van der Waals surface area contributed by atoms with Gasteiger partial charge in [0, 0.05) is 23.6 Å². The molecule has 1 aliphatic carbocycles. The van der Waals surface area contributed by atoms with Crippen molar-refractivity contribution < 1.29 is 8.42 Å². The number of nitrogens with zero attached hydrogens (tertiary/aromatic N) is 3. The minimum absolute atomic E-state index is 0.0218. The first-order chi connectivity index (χ1) is 10.3. The summed E-state index contributed by atoms with van der Waals surface area (Å²) >= 11 is 12.3. The second kappa shape index (κ2) is 5.83. The standard InChI is InChI=1S/C14H15Cl2N3O2S/c1-22(20,21)7-6-13-17-14(9-2-3-9)18-19(13)12-8-10(15)4-5-11(12)16/h4-5,8-9H,2-3,6-7H2,1H3. The van der Waals surface area contributed by atoms with E-state index in [1.807, 2.05) is 0 Å². The van der Waals surface area contributed by atoms with Crippen LogP contribution in [0.2, 0.25) is 10.0 Å². The fourth-order valence-electron chi connectivity index (χ4n) is 2.16. The topological polar surface area (TPSA) is 64.8 Å². The molecule has 1 aliphatic rings. The third-order valence-electron chi connectivity index (χ3n) is 3.47. The van der Waals surface area contributed by atoms with E-state index in [-0.39, 0.29) is 5.75 Å². The van der Waals surface area contributed by atoms with Gasteiger partial charge in [-0.15, -0.1) is 0 Å². The predicted octanol–water partition coefficient (Wildman–Crippen LogP) is 3.04. The van der Waals surface area contributed by atoms with E-state index in [2.05, 4.69) is 10.1 Å². The zero-order valence-corrected chi connectivity index (χ0v) is 14.3. The molecule has 0 radical (unpaired) electrons. The van der Waals surface area contributed by atoms with Crippen molar-refractivity contribution in [2.45, 2.75) is 25.2 Å². The number of halogens is 2. The lowest BCUT2D eigenvalue weighted by Gasteiger charge is -2.08. The summed E-state index contributed by atoms with van der Waals surface area (Å²) < 4.78 is 24.5. The van der Waals surface area contributed by atoms with Gasteiger partial charge in [-0.05, 0) is 31.0 Å². The third-order valence-corrected chi connectivity index (χ3v) is 4.97. The molecule has 0 amide bonds. The highest BCUT2D eigenvalue weighted by Gasteiger charge is 2.29. The lowest BCUT2D eigenvalue weighted by atomic mass is 10.3. The van der Waals surface area contributed by atoms with Gasteiger partial charge in [0.05, 0.1) is 16.5 Å². The Hall–Kier alpha value is -1.11. The van der Waals surface area contributed by atoms with Gasteiger partial charge in [0.15, 0.2) is 5.82 Å². The average molecular weight is 360 g/mol. The van der Waals surface area contributed by atoms with Crippen LogP contribution in [0.5, 0.6) is 0 Å². The molecular weight excluding hydrogens is 345 g/mol. The fourth-order valence-corrected chi connectivity index (χ4v) is 3.07. The highest BCUT2D eigenvalue weighted by atomic mass is 35.5. The highest BCUT2D eigenvalue weighted by molar-refractivity contribution is 7.90. The van der Waals surface area contributed by atoms with E-state index < -0.39 is 9.84 Å². The van der Waals surface area contributed by atoms with Crippen molar-refractivity contribution in [2.75, 3.05) is 12.0 Å². The first-order valence-electron chi connectivity index (χ1n) is 6.92. The maximum absolute atomic E-state index is 11.4. The maximum atomic E-state index is 11.4. The van der Waals surface area contributed by atoms with Crippen molar-refractivity contribution in [3.63, 3.8) is 0 Å². The summed E-state index contributed by atoms with van der Waals surface area (Å²) in [4.78, 5) is 4.51. The van der Waals surface area contributed by atoms with Crippen LogP contribution in [0.1, 0.15) is 30.4 Å². The monoisotopic (exact) mass is 359 g/mol. The predicted molar refractivity (Wildman–Crippen MR) is 86.8 cm³/mol. The minimum Gasteiger partial charge on any atom is -0.229 e. The van der Waals surface area contributed by atoms with Crippen molar-refractivity contribution >= 4 is 33.0 Å². The molecule has 1 fully saturated rings. The molecule has 0 N–H and O–H groups in total. The van der Waals surface area contributed by atoms with Crippen molar-refractivity contribution in [1.82, 2.24) is 14.8 Å². The van der Waals surface area contributed by atoms with Gasteiger partial charge < -0.3 is 0 Å². The van der Waals surface area contributed by atoms with E-state index in [0.29, 0.717) is 33.9 Å². The first kappa shape index (κ1) is 15.8. The molecule has 1 heterocycles. The van der Waals surface area contributed by atoms with Crippen LogP contribution in [0.4, 0.5) is 0 Å². The number of rotatable bonds is 5. The molecule has 1 saturated carbocycles. The Kier molecular flexibility index (Phi) is 4.18. The molecule has 5 nitrogen and oxygen atoms in total. The lowest BCUT2D eigenvalue weighted by Crippen LogP contribution is -2.11. The molecule has 1 aromatic carbocycles. The van der Waals surface area contributed by atoms with Crippen LogP contribution in [-0.4, -0.2) is 35.2 Å². The van der Waals surface area contributed by atoms with Crippen LogP contribution in [0.3, 0.4) is 0 Å². The number of aryl methyl sites for hydroxylation is 1. The van der Waals surface area contributed by atoms with Crippen molar-refractivity contribution in [3.05, 3.63) is 39.9 Å². The summed E-state index contributed by atoms with van der Waals surface area (Å²) in [6.07, 6.45) is 3.64. The van der Waals surface area contributed by atoms with Crippen LogP contribution in [-0.2, 0) is 16.3 Å². The lowest BCUT2D eigenvalue weighted by molar-refractivity contribution is 0.600. The van der Waals surface area contributed by atoms with Crippen LogP contribution in [0, 0.1) is 0 Å². The van der Waals surface area contributed by atoms with E-state index in [9.17, 15) is 8.42 Å². The Balaban J connectivity index is 2.02. The molecule has 0 bridgehead atoms. The van der Waals surface area contributed by atoms with Crippen molar-refractivity contribution in [1.29, 1.82) is 0 Å². The Bertz CT molecular complexity index is 813. The average Bonchev–Trinajstić information content (AvgIpc) is 3.19. The molecule has 0 saturated heterocycles. The van der Waals surface area contributed by atoms with Crippen molar-refractivity contribution in [3.8, 4) is 5.69 Å². The number of sulfone groups is 1. The summed E-state index contributed by atoms with van der Waals surface area (Å²) in [6, 6.07) is 5.10. The van der Waals surface area contributed by atoms with Crippen molar-refractivity contribution in [2.24, 2.45) is 0 Å². The van der Waals surface area contributed by atoms with E-state index in [1.54, 1.807) is 22.9 Å². The van der Waals surface area contributed by atoms with Crippen LogP contribution >= 0.6 is 23.2 Å². The zero-order valence-electron chi connectivity index (χ0n) is 12.0. The van der Waals surface area contributed by atoms with Crippen LogP contribution in [0.25, 0.3) is 5.69 Å². The third kappa shape index (κ3) is 3.62. The Morgan fingerprint density at radius 3 is 2.68 bits per heavy atom. The molecule has 0 spiro atoms. The Morgan fingerprint density at radius 2 is 2.05 bits per heavy atom.